The molecular weight excluding hydrogens is 264 g/mol. The molecule has 0 aromatic carbocycles. The van der Waals surface area contributed by atoms with E-state index in [1.54, 1.807) is 0 Å². The monoisotopic (exact) mass is 290 g/mol. The van der Waals surface area contributed by atoms with Crippen molar-refractivity contribution in [3.63, 3.8) is 0 Å². The topological polar surface area (TPSA) is 48.4 Å². The van der Waals surface area contributed by atoms with E-state index in [2.05, 4.69) is 31.8 Å². The second-order valence-corrected chi connectivity index (χ2v) is 5.94. The molecule has 1 aromatic rings. The van der Waals surface area contributed by atoms with Gasteiger partial charge >= 0.3 is 0 Å². The first-order valence-electron chi connectivity index (χ1n) is 8.29. The maximum Gasteiger partial charge on any atom is 0.247 e. The highest BCUT2D eigenvalue weighted by Gasteiger charge is 2.19. The largest absolute Gasteiger partial charge is 0.355 e. The summed E-state index contributed by atoms with van der Waals surface area (Å²) in [6, 6.07) is 0. The van der Waals surface area contributed by atoms with Gasteiger partial charge in [-0.2, -0.15) is 10.1 Å². The zero-order valence-corrected chi connectivity index (χ0v) is 13.0. The van der Waals surface area contributed by atoms with E-state index in [1.165, 1.54) is 25.7 Å². The van der Waals surface area contributed by atoms with Crippen molar-refractivity contribution in [2.24, 2.45) is 0 Å². The molecule has 3 heterocycles. The number of anilines is 2. The van der Waals surface area contributed by atoms with Crippen molar-refractivity contribution in [1.29, 1.82) is 0 Å². The molecule has 2 aliphatic rings. The predicted octanol–water partition coefficient (Wildman–Crippen LogP) is 1.39. The number of hydrogen-bond acceptors (Lipinski definition) is 6. The van der Waals surface area contributed by atoms with E-state index in [0.29, 0.717) is 0 Å². The molecule has 0 radical (unpaired) electrons. The number of likely N-dealkylation sites (N-methyl/N-ethyl adjacent to an activating group) is 1. The lowest BCUT2D eigenvalue weighted by molar-refractivity contribution is 0.269. The van der Waals surface area contributed by atoms with Crippen LogP contribution in [0.5, 0.6) is 0 Å². The van der Waals surface area contributed by atoms with Crippen molar-refractivity contribution in [1.82, 2.24) is 20.1 Å². The average molecular weight is 290 g/mol. The maximum atomic E-state index is 4.77. The summed E-state index contributed by atoms with van der Waals surface area (Å²) in [6.07, 6.45) is 7.00. The van der Waals surface area contributed by atoms with Crippen LogP contribution >= 0.6 is 0 Å². The Kier molecular flexibility index (Phi) is 4.85. The van der Waals surface area contributed by atoms with Gasteiger partial charge in [0, 0.05) is 39.3 Å². The molecule has 6 heteroatoms. The number of hydrogen-bond donors (Lipinski definition) is 0. The Morgan fingerprint density at radius 2 is 1.62 bits per heavy atom. The van der Waals surface area contributed by atoms with Gasteiger partial charge in [-0.15, -0.1) is 5.10 Å². The third kappa shape index (κ3) is 3.61. The molecule has 2 saturated heterocycles. The molecule has 21 heavy (non-hydrogen) atoms. The summed E-state index contributed by atoms with van der Waals surface area (Å²) in [5, 5.41) is 8.45. The third-order valence-electron chi connectivity index (χ3n) is 4.57. The molecular formula is C15H26N6. The van der Waals surface area contributed by atoms with Gasteiger partial charge in [0.15, 0.2) is 5.82 Å². The van der Waals surface area contributed by atoms with Crippen molar-refractivity contribution >= 4 is 11.8 Å². The lowest BCUT2D eigenvalue weighted by atomic mass is 10.2. The van der Waals surface area contributed by atoms with Crippen LogP contribution < -0.4 is 9.80 Å². The van der Waals surface area contributed by atoms with Crippen LogP contribution in [-0.4, -0.2) is 65.9 Å². The zero-order valence-electron chi connectivity index (χ0n) is 13.0. The smallest absolute Gasteiger partial charge is 0.247 e. The van der Waals surface area contributed by atoms with E-state index in [1.807, 2.05) is 6.20 Å². The van der Waals surface area contributed by atoms with Gasteiger partial charge in [-0.05, 0) is 19.4 Å². The van der Waals surface area contributed by atoms with Crippen LogP contribution in [0.4, 0.5) is 11.8 Å². The fourth-order valence-corrected chi connectivity index (χ4v) is 3.14. The second kappa shape index (κ2) is 7.02. The molecule has 0 spiro atoms. The first-order chi connectivity index (χ1) is 10.4. The van der Waals surface area contributed by atoms with Crippen molar-refractivity contribution in [2.75, 3.05) is 55.6 Å². The second-order valence-electron chi connectivity index (χ2n) is 5.94. The van der Waals surface area contributed by atoms with Crippen molar-refractivity contribution in [3.8, 4) is 0 Å². The molecule has 6 nitrogen and oxygen atoms in total. The van der Waals surface area contributed by atoms with E-state index in [-0.39, 0.29) is 0 Å². The van der Waals surface area contributed by atoms with Crippen LogP contribution in [0.25, 0.3) is 0 Å². The molecule has 0 atom stereocenters. The summed E-state index contributed by atoms with van der Waals surface area (Å²) in [5.41, 5.74) is 0. The first-order valence-corrected chi connectivity index (χ1v) is 8.29. The fourth-order valence-electron chi connectivity index (χ4n) is 3.14. The number of nitrogens with zero attached hydrogens (tertiary/aromatic N) is 6. The van der Waals surface area contributed by atoms with E-state index >= 15 is 0 Å². The molecule has 0 aliphatic carbocycles. The van der Waals surface area contributed by atoms with Gasteiger partial charge in [0.05, 0.1) is 6.20 Å². The zero-order chi connectivity index (χ0) is 14.5. The fraction of sp³-hybridized carbons (Fsp3) is 0.800. The van der Waals surface area contributed by atoms with Crippen molar-refractivity contribution < 1.29 is 0 Å². The van der Waals surface area contributed by atoms with Gasteiger partial charge in [0.2, 0.25) is 5.95 Å². The predicted molar refractivity (Wildman–Crippen MR) is 84.8 cm³/mol. The van der Waals surface area contributed by atoms with Crippen LogP contribution in [-0.2, 0) is 0 Å². The summed E-state index contributed by atoms with van der Waals surface area (Å²) in [7, 11) is 0. The standard InChI is InChI=1S/C15H26N6/c1-2-19-9-11-21(12-10-19)15-17-14(13-16-18-15)20-7-5-3-4-6-8-20/h13H,2-12H2,1H3. The van der Waals surface area contributed by atoms with E-state index in [9.17, 15) is 0 Å². The number of aromatic nitrogens is 3. The molecule has 116 valence electrons. The maximum absolute atomic E-state index is 4.77. The van der Waals surface area contributed by atoms with Crippen LogP contribution in [0.1, 0.15) is 32.6 Å². The Hall–Kier alpha value is -1.43. The van der Waals surface area contributed by atoms with Gasteiger partial charge in [-0.1, -0.05) is 19.8 Å². The minimum absolute atomic E-state index is 0.799. The van der Waals surface area contributed by atoms with Crippen molar-refractivity contribution in [2.45, 2.75) is 32.6 Å². The Labute approximate surface area is 127 Å². The van der Waals surface area contributed by atoms with E-state index in [0.717, 1.165) is 57.6 Å². The molecule has 2 aliphatic heterocycles. The minimum atomic E-state index is 0.799. The van der Waals surface area contributed by atoms with Crippen LogP contribution in [0.15, 0.2) is 6.20 Å². The normalized spacial score (nSPS) is 21.4. The minimum Gasteiger partial charge on any atom is -0.355 e. The molecule has 0 unspecified atom stereocenters. The van der Waals surface area contributed by atoms with Crippen LogP contribution in [0, 0.1) is 0 Å². The van der Waals surface area contributed by atoms with E-state index < -0.39 is 0 Å². The highest BCUT2D eigenvalue weighted by molar-refractivity contribution is 5.42. The molecule has 3 rings (SSSR count). The molecule has 0 saturated carbocycles. The Morgan fingerprint density at radius 3 is 2.29 bits per heavy atom. The van der Waals surface area contributed by atoms with Crippen LogP contribution in [0.2, 0.25) is 0 Å². The summed E-state index contributed by atoms with van der Waals surface area (Å²) >= 11 is 0. The van der Waals surface area contributed by atoms with E-state index in [4.69, 9.17) is 4.98 Å². The summed E-state index contributed by atoms with van der Waals surface area (Å²) < 4.78 is 0. The Balaban J connectivity index is 1.68. The lowest BCUT2D eigenvalue weighted by Crippen LogP contribution is -2.47. The quantitative estimate of drug-likeness (QED) is 0.838. The van der Waals surface area contributed by atoms with Gasteiger partial charge in [-0.3, -0.25) is 0 Å². The summed E-state index contributed by atoms with van der Waals surface area (Å²) in [6.45, 7) is 9.72. The van der Waals surface area contributed by atoms with Crippen LogP contribution in [0.3, 0.4) is 0 Å². The molecule has 0 bridgehead atoms. The Bertz CT molecular complexity index is 436. The summed E-state index contributed by atoms with van der Waals surface area (Å²) in [5.74, 6) is 1.80. The molecule has 0 N–H and O–H groups in total. The van der Waals surface area contributed by atoms with Gasteiger partial charge in [0.1, 0.15) is 0 Å². The highest BCUT2D eigenvalue weighted by Crippen LogP contribution is 2.19. The number of piperazine rings is 1. The van der Waals surface area contributed by atoms with Crippen molar-refractivity contribution in [3.05, 3.63) is 6.20 Å². The lowest BCUT2D eigenvalue weighted by Gasteiger charge is -2.34. The molecule has 2 fully saturated rings. The highest BCUT2D eigenvalue weighted by atomic mass is 15.4. The Morgan fingerprint density at radius 1 is 0.905 bits per heavy atom. The molecule has 0 amide bonds. The molecule has 1 aromatic heterocycles. The third-order valence-corrected chi connectivity index (χ3v) is 4.57. The summed E-state index contributed by atoms with van der Waals surface area (Å²) in [4.78, 5) is 11.9. The van der Waals surface area contributed by atoms with Gasteiger partial charge in [-0.25, -0.2) is 0 Å². The average Bonchev–Trinajstić information content (AvgIpc) is 2.84. The number of rotatable bonds is 3. The first kappa shape index (κ1) is 14.5. The van der Waals surface area contributed by atoms with Gasteiger partial charge in [0.25, 0.3) is 0 Å². The van der Waals surface area contributed by atoms with Gasteiger partial charge < -0.3 is 14.7 Å². The SMILES string of the molecule is CCN1CCN(c2nncc(N3CCCCCC3)n2)CC1.